The minimum absolute atomic E-state index is 0.0715. The van der Waals surface area contributed by atoms with E-state index in [4.69, 9.17) is 0 Å². The highest BCUT2D eigenvalue weighted by molar-refractivity contribution is 7.99. The summed E-state index contributed by atoms with van der Waals surface area (Å²) in [7, 11) is 0. The van der Waals surface area contributed by atoms with Crippen LogP contribution < -0.4 is 10.9 Å². The van der Waals surface area contributed by atoms with Gasteiger partial charge in [0.2, 0.25) is 5.91 Å². The Morgan fingerprint density at radius 2 is 2.03 bits per heavy atom. The van der Waals surface area contributed by atoms with Crippen molar-refractivity contribution in [3.8, 4) is 0 Å². The number of thiophene rings is 2. The summed E-state index contributed by atoms with van der Waals surface area (Å²) < 4.78 is 28.9. The Morgan fingerprint density at radius 1 is 1.17 bits per heavy atom. The Kier molecular flexibility index (Phi) is 6.26. The highest BCUT2D eigenvalue weighted by Gasteiger charge is 2.15. The predicted molar refractivity (Wildman–Crippen MR) is 118 cm³/mol. The molecule has 4 aromatic rings. The molecule has 4 rings (SSSR count). The van der Waals surface area contributed by atoms with E-state index in [0.29, 0.717) is 34.4 Å². The molecule has 0 fully saturated rings. The number of amides is 1. The molecule has 0 aliphatic carbocycles. The summed E-state index contributed by atoms with van der Waals surface area (Å²) in [6, 6.07) is 8.67. The SMILES string of the molecule is O=C(CSc1nc2ccsc2c(=O)n1CCc1cccs1)Nc1ccc(F)cc1F. The fraction of sp³-hybridized carbons (Fsp3) is 0.150. The summed E-state index contributed by atoms with van der Waals surface area (Å²) in [6.07, 6.45) is 0.677. The standard InChI is InChI=1S/C20H15F2N3O2S3/c21-12-3-4-15(14(22)10-12)23-17(26)11-30-20-24-16-6-9-29-18(16)19(27)25(20)7-5-13-2-1-8-28-13/h1-4,6,8-10H,5,7,11H2,(H,23,26). The van der Waals surface area contributed by atoms with E-state index in [1.807, 2.05) is 17.5 Å². The number of nitrogens with zero attached hydrogens (tertiary/aromatic N) is 2. The van der Waals surface area contributed by atoms with Gasteiger partial charge in [-0.15, -0.1) is 22.7 Å². The number of aryl methyl sites for hydroxylation is 1. The molecular formula is C20H15F2N3O2S3. The third-order valence-electron chi connectivity index (χ3n) is 4.23. The number of carbonyl (C=O) groups excluding carboxylic acids is 1. The summed E-state index contributed by atoms with van der Waals surface area (Å²) in [5.41, 5.74) is 0.349. The van der Waals surface area contributed by atoms with Crippen LogP contribution in [-0.2, 0) is 17.8 Å². The lowest BCUT2D eigenvalue weighted by molar-refractivity contribution is -0.113. The molecule has 0 spiro atoms. The molecule has 0 unspecified atom stereocenters. The summed E-state index contributed by atoms with van der Waals surface area (Å²) in [6.45, 7) is 0.441. The van der Waals surface area contributed by atoms with Gasteiger partial charge in [0.05, 0.1) is 17.0 Å². The lowest BCUT2D eigenvalue weighted by Gasteiger charge is -2.12. The molecule has 5 nitrogen and oxygen atoms in total. The van der Waals surface area contributed by atoms with Crippen molar-refractivity contribution < 1.29 is 13.6 Å². The molecule has 0 aliphatic rings. The quantitative estimate of drug-likeness (QED) is 0.317. The van der Waals surface area contributed by atoms with Crippen molar-refractivity contribution in [2.75, 3.05) is 11.1 Å². The van der Waals surface area contributed by atoms with Crippen LogP contribution >= 0.6 is 34.4 Å². The van der Waals surface area contributed by atoms with Gasteiger partial charge in [0, 0.05) is 17.5 Å². The third kappa shape index (κ3) is 4.61. The van der Waals surface area contributed by atoms with Crippen LogP contribution in [0, 0.1) is 11.6 Å². The van der Waals surface area contributed by atoms with Crippen molar-refractivity contribution in [2.24, 2.45) is 0 Å². The number of aromatic nitrogens is 2. The van der Waals surface area contributed by atoms with Crippen molar-refractivity contribution in [1.82, 2.24) is 9.55 Å². The molecule has 0 saturated heterocycles. The van der Waals surface area contributed by atoms with E-state index in [-0.39, 0.29) is 17.0 Å². The van der Waals surface area contributed by atoms with E-state index < -0.39 is 17.5 Å². The molecule has 0 radical (unpaired) electrons. The molecule has 1 N–H and O–H groups in total. The number of carbonyl (C=O) groups is 1. The second-order valence-electron chi connectivity index (χ2n) is 6.28. The van der Waals surface area contributed by atoms with Crippen LogP contribution in [0.2, 0.25) is 0 Å². The van der Waals surface area contributed by atoms with E-state index in [1.165, 1.54) is 17.4 Å². The molecular weight excluding hydrogens is 448 g/mol. The zero-order chi connectivity index (χ0) is 21.1. The average Bonchev–Trinajstić information content (AvgIpc) is 3.40. The molecule has 3 heterocycles. The zero-order valence-corrected chi connectivity index (χ0v) is 17.9. The predicted octanol–water partition coefficient (Wildman–Crippen LogP) is 4.77. The first kappa shape index (κ1) is 20.7. The number of rotatable bonds is 7. The maximum atomic E-state index is 13.7. The topological polar surface area (TPSA) is 64.0 Å². The van der Waals surface area contributed by atoms with Gasteiger partial charge in [-0.3, -0.25) is 14.2 Å². The Bertz CT molecular complexity index is 1250. The van der Waals surface area contributed by atoms with Crippen molar-refractivity contribution >= 4 is 56.2 Å². The van der Waals surface area contributed by atoms with E-state index in [2.05, 4.69) is 10.3 Å². The monoisotopic (exact) mass is 463 g/mol. The number of fused-ring (bicyclic) bond motifs is 1. The second kappa shape index (κ2) is 9.07. The summed E-state index contributed by atoms with van der Waals surface area (Å²) in [5.74, 6) is -2.12. The minimum atomic E-state index is -0.848. The van der Waals surface area contributed by atoms with Crippen molar-refractivity contribution in [3.63, 3.8) is 0 Å². The summed E-state index contributed by atoms with van der Waals surface area (Å²) in [4.78, 5) is 30.9. The molecule has 1 amide bonds. The van der Waals surface area contributed by atoms with E-state index in [1.54, 1.807) is 27.4 Å². The lowest BCUT2D eigenvalue weighted by Crippen LogP contribution is -2.24. The zero-order valence-electron chi connectivity index (χ0n) is 15.4. The molecule has 0 bridgehead atoms. The van der Waals surface area contributed by atoms with E-state index in [9.17, 15) is 18.4 Å². The molecule has 3 aromatic heterocycles. The van der Waals surface area contributed by atoms with Crippen molar-refractivity contribution in [2.45, 2.75) is 18.1 Å². The number of halogens is 2. The van der Waals surface area contributed by atoms with E-state index in [0.717, 1.165) is 22.7 Å². The van der Waals surface area contributed by atoms with Gasteiger partial charge in [0.15, 0.2) is 5.16 Å². The number of hydrogen-bond donors (Lipinski definition) is 1. The Balaban J connectivity index is 1.52. The summed E-state index contributed by atoms with van der Waals surface area (Å²) >= 11 is 4.05. The van der Waals surface area contributed by atoms with Gasteiger partial charge in [0.1, 0.15) is 16.3 Å². The molecule has 0 atom stereocenters. The Morgan fingerprint density at radius 3 is 2.80 bits per heavy atom. The van der Waals surface area contributed by atoms with Gasteiger partial charge in [-0.2, -0.15) is 0 Å². The largest absolute Gasteiger partial charge is 0.323 e. The molecule has 1 aromatic carbocycles. The van der Waals surface area contributed by atoms with Crippen LogP contribution in [0.1, 0.15) is 4.88 Å². The maximum Gasteiger partial charge on any atom is 0.272 e. The Labute approximate surface area is 182 Å². The maximum absolute atomic E-state index is 13.7. The lowest BCUT2D eigenvalue weighted by atomic mass is 10.3. The second-order valence-corrected chi connectivity index (χ2v) is 9.17. The number of nitrogens with one attached hydrogen (secondary N) is 1. The van der Waals surface area contributed by atoms with Crippen molar-refractivity contribution in [1.29, 1.82) is 0 Å². The number of anilines is 1. The fourth-order valence-corrected chi connectivity index (χ4v) is 5.12. The number of benzene rings is 1. The molecule has 30 heavy (non-hydrogen) atoms. The first-order valence-corrected chi connectivity index (χ1v) is 11.6. The highest BCUT2D eigenvalue weighted by atomic mass is 32.2. The number of hydrogen-bond acceptors (Lipinski definition) is 6. The third-order valence-corrected chi connectivity index (χ3v) is 7.03. The first-order chi connectivity index (χ1) is 14.5. The van der Waals surface area contributed by atoms with Crippen LogP contribution in [-0.4, -0.2) is 21.2 Å². The first-order valence-electron chi connectivity index (χ1n) is 8.89. The number of thioether (sulfide) groups is 1. The van der Waals surface area contributed by atoms with Crippen LogP contribution in [0.5, 0.6) is 0 Å². The summed E-state index contributed by atoms with van der Waals surface area (Å²) in [5, 5.41) is 6.63. The van der Waals surface area contributed by atoms with Crippen molar-refractivity contribution in [3.05, 3.63) is 74.0 Å². The van der Waals surface area contributed by atoms with Crippen LogP contribution in [0.15, 0.2) is 57.1 Å². The van der Waals surface area contributed by atoms with Crippen LogP contribution in [0.25, 0.3) is 10.2 Å². The van der Waals surface area contributed by atoms with Gasteiger partial charge in [0.25, 0.3) is 5.56 Å². The van der Waals surface area contributed by atoms with Gasteiger partial charge >= 0.3 is 0 Å². The normalized spacial score (nSPS) is 11.1. The Hall–Kier alpha value is -2.56. The smallest absolute Gasteiger partial charge is 0.272 e. The minimum Gasteiger partial charge on any atom is -0.323 e. The van der Waals surface area contributed by atoms with E-state index >= 15 is 0 Å². The molecule has 0 saturated carbocycles. The van der Waals surface area contributed by atoms with Gasteiger partial charge in [-0.25, -0.2) is 13.8 Å². The van der Waals surface area contributed by atoms with Gasteiger partial charge < -0.3 is 5.32 Å². The molecule has 154 valence electrons. The van der Waals surface area contributed by atoms with Crippen LogP contribution in [0.4, 0.5) is 14.5 Å². The van der Waals surface area contributed by atoms with Crippen LogP contribution in [0.3, 0.4) is 0 Å². The molecule has 10 heteroatoms. The highest BCUT2D eigenvalue weighted by Crippen LogP contribution is 2.22. The van der Waals surface area contributed by atoms with Gasteiger partial charge in [-0.05, 0) is 41.4 Å². The molecule has 0 aliphatic heterocycles. The average molecular weight is 464 g/mol. The van der Waals surface area contributed by atoms with Gasteiger partial charge in [-0.1, -0.05) is 17.8 Å². The fourth-order valence-electron chi connectivity index (χ4n) is 2.81.